The molecule has 1 aliphatic carbocycles. The number of benzene rings is 1. The molecule has 0 saturated carbocycles. The summed E-state index contributed by atoms with van der Waals surface area (Å²) < 4.78 is 16.0. The lowest BCUT2D eigenvalue weighted by atomic mass is 9.97. The molecule has 0 unspecified atom stereocenters. The van der Waals surface area contributed by atoms with Crippen LogP contribution in [0.1, 0.15) is 29.7 Å². The van der Waals surface area contributed by atoms with Crippen LogP contribution >= 0.6 is 0 Å². The average Bonchev–Trinajstić information content (AvgIpc) is 3.10. The Balaban J connectivity index is 1.58. The maximum absolute atomic E-state index is 12.1. The normalized spacial score (nSPS) is 29.9. The second-order valence-electron chi connectivity index (χ2n) is 6.12. The number of fused-ring (bicyclic) bond motifs is 3. The average molecular weight is 312 g/mol. The molecular formula is C18H16O5. The van der Waals surface area contributed by atoms with Crippen molar-refractivity contribution >= 4 is 11.9 Å². The first-order chi connectivity index (χ1) is 11.0. The maximum atomic E-state index is 12.1. The first-order valence-electron chi connectivity index (χ1n) is 7.59. The minimum absolute atomic E-state index is 0.0409. The summed E-state index contributed by atoms with van der Waals surface area (Å²) in [5.74, 6) is -0.802. The standard InChI is InChI=1S/C18H16O5/c1-9-4-3-5-11-7-12-13(18(20)23-16(12)15(9)11)8-21-14-6-10(2)17(19)22-14/h3-6,8,12,14,16H,7H2,1-2H3/t12-,14-,16+/m1/s1. The molecule has 1 fully saturated rings. The SMILES string of the molecule is CC1=C[C@H](OC=C2C(=O)O[C@@H]3c4c(C)cccc4C[C@H]23)OC1=O. The van der Waals surface area contributed by atoms with Gasteiger partial charge in [-0.05, 0) is 37.0 Å². The molecule has 0 bridgehead atoms. The van der Waals surface area contributed by atoms with Crippen LogP contribution in [0, 0.1) is 12.8 Å². The number of carbonyl (C=O) groups is 2. The van der Waals surface area contributed by atoms with E-state index in [4.69, 9.17) is 14.2 Å². The molecule has 1 aromatic rings. The van der Waals surface area contributed by atoms with Crippen LogP contribution in [0.4, 0.5) is 0 Å². The number of carbonyl (C=O) groups excluding carboxylic acids is 2. The highest BCUT2D eigenvalue weighted by Gasteiger charge is 2.47. The minimum atomic E-state index is -0.771. The summed E-state index contributed by atoms with van der Waals surface area (Å²) in [6.45, 7) is 3.69. The third-order valence-electron chi connectivity index (χ3n) is 4.63. The number of esters is 2. The highest BCUT2D eigenvalue weighted by molar-refractivity contribution is 5.92. The van der Waals surface area contributed by atoms with Crippen molar-refractivity contribution in [3.05, 3.63) is 58.4 Å². The van der Waals surface area contributed by atoms with E-state index in [9.17, 15) is 9.59 Å². The first-order valence-corrected chi connectivity index (χ1v) is 7.59. The zero-order valence-corrected chi connectivity index (χ0v) is 12.9. The van der Waals surface area contributed by atoms with Crippen molar-refractivity contribution < 1.29 is 23.8 Å². The Morgan fingerprint density at radius 1 is 1.17 bits per heavy atom. The lowest BCUT2D eigenvalue weighted by Crippen LogP contribution is -2.11. The molecule has 1 saturated heterocycles. The van der Waals surface area contributed by atoms with E-state index in [1.54, 1.807) is 13.0 Å². The van der Waals surface area contributed by atoms with E-state index >= 15 is 0 Å². The van der Waals surface area contributed by atoms with Crippen molar-refractivity contribution in [3.8, 4) is 0 Å². The van der Waals surface area contributed by atoms with Crippen LogP contribution in [0.25, 0.3) is 0 Å². The molecule has 23 heavy (non-hydrogen) atoms. The monoisotopic (exact) mass is 312 g/mol. The van der Waals surface area contributed by atoms with Crippen molar-refractivity contribution in [1.29, 1.82) is 0 Å². The smallest absolute Gasteiger partial charge is 0.338 e. The Morgan fingerprint density at radius 2 is 2.00 bits per heavy atom. The molecule has 5 nitrogen and oxygen atoms in total. The lowest BCUT2D eigenvalue weighted by Gasteiger charge is -2.11. The van der Waals surface area contributed by atoms with Crippen LogP contribution in [0.2, 0.25) is 0 Å². The lowest BCUT2D eigenvalue weighted by molar-refractivity contribution is -0.152. The first kappa shape index (κ1) is 14.1. The number of hydrogen-bond donors (Lipinski definition) is 0. The van der Waals surface area contributed by atoms with Gasteiger partial charge in [-0.2, -0.15) is 0 Å². The quantitative estimate of drug-likeness (QED) is 0.477. The van der Waals surface area contributed by atoms with Gasteiger partial charge in [0.25, 0.3) is 6.29 Å². The van der Waals surface area contributed by atoms with E-state index in [2.05, 4.69) is 6.07 Å². The highest BCUT2D eigenvalue weighted by atomic mass is 16.7. The summed E-state index contributed by atoms with van der Waals surface area (Å²) >= 11 is 0. The van der Waals surface area contributed by atoms with Gasteiger partial charge in [0.15, 0.2) is 0 Å². The molecule has 3 atom stereocenters. The van der Waals surface area contributed by atoms with Crippen molar-refractivity contribution in [2.75, 3.05) is 0 Å². The summed E-state index contributed by atoms with van der Waals surface area (Å²) in [5, 5.41) is 0. The second-order valence-corrected chi connectivity index (χ2v) is 6.12. The number of cyclic esters (lactones) is 1. The Labute approximate surface area is 133 Å². The summed E-state index contributed by atoms with van der Waals surface area (Å²) in [5.41, 5.74) is 4.45. The van der Waals surface area contributed by atoms with Crippen molar-refractivity contribution in [2.45, 2.75) is 32.7 Å². The van der Waals surface area contributed by atoms with Gasteiger partial charge in [0.2, 0.25) is 0 Å². The number of ether oxygens (including phenoxy) is 3. The summed E-state index contributed by atoms with van der Waals surface area (Å²) in [4.78, 5) is 23.5. The van der Waals surface area contributed by atoms with Gasteiger partial charge in [0.1, 0.15) is 6.10 Å². The molecule has 4 rings (SSSR count). The third kappa shape index (κ3) is 2.15. The molecule has 2 heterocycles. The number of aryl methyl sites for hydroxylation is 1. The zero-order chi connectivity index (χ0) is 16.1. The van der Waals surface area contributed by atoms with Crippen LogP contribution < -0.4 is 0 Å². The van der Waals surface area contributed by atoms with Crippen LogP contribution in [0.15, 0.2) is 41.7 Å². The highest BCUT2D eigenvalue weighted by Crippen LogP contribution is 2.48. The maximum Gasteiger partial charge on any atom is 0.338 e. The van der Waals surface area contributed by atoms with Crippen molar-refractivity contribution in [3.63, 3.8) is 0 Å². The Morgan fingerprint density at radius 3 is 2.74 bits per heavy atom. The fraction of sp³-hybridized carbons (Fsp3) is 0.333. The second kappa shape index (κ2) is 4.98. The molecule has 0 spiro atoms. The molecule has 0 amide bonds. The Bertz CT molecular complexity index is 774. The van der Waals surface area contributed by atoms with Crippen LogP contribution in [-0.2, 0) is 30.2 Å². The number of rotatable bonds is 2. The molecule has 0 radical (unpaired) electrons. The fourth-order valence-electron chi connectivity index (χ4n) is 3.47. The summed E-state index contributed by atoms with van der Waals surface area (Å²) in [7, 11) is 0. The minimum Gasteiger partial charge on any atom is -0.458 e. The van der Waals surface area contributed by atoms with Gasteiger partial charge in [0, 0.05) is 17.6 Å². The van der Waals surface area contributed by atoms with Crippen molar-refractivity contribution in [1.82, 2.24) is 0 Å². The summed E-state index contributed by atoms with van der Waals surface area (Å²) in [6, 6.07) is 6.11. The van der Waals surface area contributed by atoms with Gasteiger partial charge >= 0.3 is 11.9 Å². The van der Waals surface area contributed by atoms with Crippen LogP contribution in [0.5, 0.6) is 0 Å². The molecule has 3 aliphatic rings. The van der Waals surface area contributed by atoms with Crippen molar-refractivity contribution in [2.24, 2.45) is 5.92 Å². The predicted molar refractivity (Wildman–Crippen MR) is 80.0 cm³/mol. The van der Waals surface area contributed by atoms with E-state index in [1.165, 1.54) is 11.8 Å². The Hall–Kier alpha value is -2.56. The van der Waals surface area contributed by atoms with Gasteiger partial charge in [-0.1, -0.05) is 18.2 Å². The van der Waals surface area contributed by atoms with E-state index < -0.39 is 12.3 Å². The van der Waals surface area contributed by atoms with E-state index in [1.807, 2.05) is 19.1 Å². The van der Waals surface area contributed by atoms with Gasteiger partial charge in [-0.25, -0.2) is 9.59 Å². The molecule has 0 aromatic heterocycles. The Kier molecular flexibility index (Phi) is 3.04. The van der Waals surface area contributed by atoms with Gasteiger partial charge in [0.05, 0.1) is 11.8 Å². The van der Waals surface area contributed by atoms with Crippen LogP contribution in [0.3, 0.4) is 0 Å². The van der Waals surface area contributed by atoms with Gasteiger partial charge < -0.3 is 14.2 Å². The van der Waals surface area contributed by atoms with Gasteiger partial charge in [-0.3, -0.25) is 0 Å². The molecule has 118 valence electrons. The summed E-state index contributed by atoms with van der Waals surface area (Å²) in [6.07, 6.45) is 2.72. The third-order valence-corrected chi connectivity index (χ3v) is 4.63. The molecule has 0 N–H and O–H groups in total. The molecule has 2 aliphatic heterocycles. The predicted octanol–water partition coefficient (Wildman–Crippen LogP) is 2.49. The molecule has 5 heteroatoms. The fourth-order valence-corrected chi connectivity index (χ4v) is 3.47. The van der Waals surface area contributed by atoms with E-state index in [0.29, 0.717) is 11.1 Å². The van der Waals surface area contributed by atoms with E-state index in [0.717, 1.165) is 17.5 Å². The van der Waals surface area contributed by atoms with E-state index in [-0.39, 0.29) is 18.0 Å². The van der Waals surface area contributed by atoms with Crippen LogP contribution in [-0.4, -0.2) is 18.2 Å². The number of hydrogen-bond acceptors (Lipinski definition) is 5. The topological polar surface area (TPSA) is 61.8 Å². The zero-order valence-electron chi connectivity index (χ0n) is 12.9. The molecule has 1 aromatic carbocycles. The largest absolute Gasteiger partial charge is 0.458 e. The van der Waals surface area contributed by atoms with Gasteiger partial charge in [-0.15, -0.1) is 0 Å². The molecular weight excluding hydrogens is 296 g/mol.